The molecule has 1 saturated heterocycles. The van der Waals surface area contributed by atoms with Gasteiger partial charge in [-0.25, -0.2) is 4.79 Å². The molecule has 0 aromatic heterocycles. The fourth-order valence-corrected chi connectivity index (χ4v) is 2.42. The molecule has 1 rings (SSSR count). The van der Waals surface area contributed by atoms with Gasteiger partial charge in [-0.15, -0.1) is 0 Å². The van der Waals surface area contributed by atoms with Gasteiger partial charge < -0.3 is 19.8 Å². The molecule has 1 heterocycles. The lowest BCUT2D eigenvalue weighted by Gasteiger charge is -2.42. The number of hydrogen-bond donors (Lipinski definition) is 2. The highest BCUT2D eigenvalue weighted by Crippen LogP contribution is 2.25. The number of unbranched alkanes of at least 4 members (excludes halogenated alkanes) is 1. The lowest BCUT2D eigenvalue weighted by molar-refractivity contribution is -0.103. The summed E-state index contributed by atoms with van der Waals surface area (Å²) < 4.78 is 5.53. The van der Waals surface area contributed by atoms with E-state index in [4.69, 9.17) is 9.84 Å². The van der Waals surface area contributed by atoms with Crippen LogP contribution in [-0.4, -0.2) is 52.6 Å². The molecule has 17 heavy (non-hydrogen) atoms. The quantitative estimate of drug-likeness (QED) is 0.773. The fourth-order valence-electron chi connectivity index (χ4n) is 2.42. The number of likely N-dealkylation sites (tertiary alicyclic amines) is 1. The third-order valence-corrected chi connectivity index (χ3v) is 3.28. The maximum atomic E-state index is 11.2. The van der Waals surface area contributed by atoms with Gasteiger partial charge in [0.2, 0.25) is 0 Å². The predicted octanol–water partition coefficient (Wildman–Crippen LogP) is 1.69. The number of hydrogen-bond acceptors (Lipinski definition) is 3. The highest BCUT2D eigenvalue weighted by molar-refractivity contribution is 5.65. The van der Waals surface area contributed by atoms with Crippen molar-refractivity contribution in [1.29, 1.82) is 0 Å². The lowest BCUT2D eigenvalue weighted by atomic mass is 9.92. The van der Waals surface area contributed by atoms with Gasteiger partial charge in [0.1, 0.15) is 6.10 Å². The average Bonchev–Trinajstić information content (AvgIpc) is 2.29. The second kappa shape index (κ2) is 6.81. The summed E-state index contributed by atoms with van der Waals surface area (Å²) in [6, 6.07) is -0.212. The molecular formula is C12H23NO4. The Hall–Kier alpha value is -0.810. The zero-order valence-electron chi connectivity index (χ0n) is 10.6. The Morgan fingerprint density at radius 2 is 2.18 bits per heavy atom. The van der Waals surface area contributed by atoms with E-state index in [1.807, 2.05) is 6.92 Å². The van der Waals surface area contributed by atoms with Gasteiger partial charge in [-0.3, -0.25) is 0 Å². The van der Waals surface area contributed by atoms with Crippen molar-refractivity contribution in [3.8, 4) is 0 Å². The number of amides is 1. The molecule has 0 aromatic carbocycles. The van der Waals surface area contributed by atoms with E-state index in [-0.39, 0.29) is 12.1 Å². The Morgan fingerprint density at radius 3 is 2.71 bits per heavy atom. The molecule has 1 aliphatic heterocycles. The summed E-state index contributed by atoms with van der Waals surface area (Å²) in [5, 5.41) is 19.1. The molecule has 2 N–H and O–H groups in total. The van der Waals surface area contributed by atoms with Gasteiger partial charge >= 0.3 is 6.09 Å². The van der Waals surface area contributed by atoms with Gasteiger partial charge in [0.25, 0.3) is 0 Å². The minimum atomic E-state index is -0.914. The molecule has 0 aromatic rings. The van der Waals surface area contributed by atoms with E-state index in [1.165, 1.54) is 4.90 Å². The first-order chi connectivity index (χ1) is 8.11. The second-order valence-electron chi connectivity index (χ2n) is 4.46. The van der Waals surface area contributed by atoms with Crippen molar-refractivity contribution in [3.63, 3.8) is 0 Å². The summed E-state index contributed by atoms with van der Waals surface area (Å²) in [5.41, 5.74) is 0. The molecular weight excluding hydrogens is 222 g/mol. The van der Waals surface area contributed by atoms with Crippen LogP contribution in [-0.2, 0) is 4.74 Å². The Morgan fingerprint density at radius 1 is 1.47 bits per heavy atom. The van der Waals surface area contributed by atoms with Crippen LogP contribution in [0.2, 0.25) is 0 Å². The third-order valence-electron chi connectivity index (χ3n) is 3.28. The first kappa shape index (κ1) is 14.3. The van der Waals surface area contributed by atoms with E-state index in [1.54, 1.807) is 0 Å². The molecule has 1 amide bonds. The van der Waals surface area contributed by atoms with Gasteiger partial charge in [0.15, 0.2) is 0 Å². The van der Waals surface area contributed by atoms with E-state index in [9.17, 15) is 9.90 Å². The van der Waals surface area contributed by atoms with Crippen LogP contribution in [0.25, 0.3) is 0 Å². The molecule has 0 aliphatic carbocycles. The SMILES string of the molecule is CCCCC1C(OCC)C(O)CCN1C(=O)O. The summed E-state index contributed by atoms with van der Waals surface area (Å²) in [6.45, 7) is 4.83. The summed E-state index contributed by atoms with van der Waals surface area (Å²) in [6.07, 6.45) is 1.33. The Balaban J connectivity index is 2.75. The molecule has 0 radical (unpaired) electrons. The van der Waals surface area contributed by atoms with Crippen molar-refractivity contribution in [1.82, 2.24) is 4.90 Å². The third kappa shape index (κ3) is 3.57. The van der Waals surface area contributed by atoms with Crippen molar-refractivity contribution in [2.75, 3.05) is 13.2 Å². The zero-order chi connectivity index (χ0) is 12.8. The van der Waals surface area contributed by atoms with Crippen molar-refractivity contribution in [3.05, 3.63) is 0 Å². The van der Waals surface area contributed by atoms with E-state index < -0.39 is 12.2 Å². The first-order valence-corrected chi connectivity index (χ1v) is 6.41. The van der Waals surface area contributed by atoms with Crippen LogP contribution in [0.5, 0.6) is 0 Å². The minimum absolute atomic E-state index is 0.212. The van der Waals surface area contributed by atoms with Crippen molar-refractivity contribution < 1.29 is 19.7 Å². The van der Waals surface area contributed by atoms with Crippen LogP contribution in [0.15, 0.2) is 0 Å². The number of nitrogens with zero attached hydrogens (tertiary/aromatic N) is 1. The monoisotopic (exact) mass is 245 g/mol. The first-order valence-electron chi connectivity index (χ1n) is 6.41. The number of aliphatic hydroxyl groups excluding tert-OH is 1. The number of carbonyl (C=O) groups is 1. The normalized spacial score (nSPS) is 29.4. The van der Waals surface area contributed by atoms with Gasteiger partial charge in [0.05, 0.1) is 12.1 Å². The van der Waals surface area contributed by atoms with Crippen LogP contribution in [0.4, 0.5) is 4.79 Å². The number of rotatable bonds is 5. The summed E-state index contributed by atoms with van der Waals surface area (Å²) in [4.78, 5) is 12.6. The molecule has 5 heteroatoms. The highest BCUT2D eigenvalue weighted by atomic mass is 16.5. The molecule has 0 saturated carbocycles. The van der Waals surface area contributed by atoms with Crippen LogP contribution in [0.3, 0.4) is 0 Å². The maximum Gasteiger partial charge on any atom is 0.407 e. The molecule has 1 aliphatic rings. The van der Waals surface area contributed by atoms with Gasteiger partial charge in [-0.2, -0.15) is 0 Å². The zero-order valence-corrected chi connectivity index (χ0v) is 10.6. The van der Waals surface area contributed by atoms with Gasteiger partial charge in [-0.1, -0.05) is 19.8 Å². The van der Waals surface area contributed by atoms with Crippen LogP contribution in [0, 0.1) is 0 Å². The summed E-state index contributed by atoms with van der Waals surface area (Å²) >= 11 is 0. The molecule has 5 nitrogen and oxygen atoms in total. The highest BCUT2D eigenvalue weighted by Gasteiger charge is 2.39. The van der Waals surface area contributed by atoms with E-state index in [0.29, 0.717) is 19.6 Å². The van der Waals surface area contributed by atoms with Crippen molar-refractivity contribution >= 4 is 6.09 Å². The Kier molecular flexibility index (Phi) is 5.71. The topological polar surface area (TPSA) is 70.0 Å². The van der Waals surface area contributed by atoms with Crippen molar-refractivity contribution in [2.24, 2.45) is 0 Å². The molecule has 3 atom stereocenters. The molecule has 0 spiro atoms. The number of aliphatic hydroxyl groups is 1. The number of piperidine rings is 1. The number of ether oxygens (including phenoxy) is 1. The minimum Gasteiger partial charge on any atom is -0.465 e. The number of carboxylic acid groups (broad SMARTS) is 1. The molecule has 1 fully saturated rings. The maximum absolute atomic E-state index is 11.2. The largest absolute Gasteiger partial charge is 0.465 e. The van der Waals surface area contributed by atoms with Crippen LogP contribution >= 0.6 is 0 Å². The fraction of sp³-hybridized carbons (Fsp3) is 0.917. The standard InChI is InChI=1S/C12H23NO4/c1-3-5-6-9-11(17-4-2)10(14)7-8-13(9)12(15)16/h9-11,14H,3-8H2,1-2H3,(H,15,16). The van der Waals surface area contributed by atoms with E-state index in [0.717, 1.165) is 19.3 Å². The van der Waals surface area contributed by atoms with Crippen LogP contribution < -0.4 is 0 Å². The molecule has 3 unspecified atom stereocenters. The van der Waals surface area contributed by atoms with Gasteiger partial charge in [-0.05, 0) is 19.8 Å². The Bertz CT molecular complexity index is 247. The molecule has 100 valence electrons. The van der Waals surface area contributed by atoms with Gasteiger partial charge in [0, 0.05) is 13.2 Å². The predicted molar refractivity (Wildman–Crippen MR) is 64.1 cm³/mol. The van der Waals surface area contributed by atoms with Crippen LogP contribution in [0.1, 0.15) is 39.5 Å². The molecule has 0 bridgehead atoms. The average molecular weight is 245 g/mol. The Labute approximate surface area is 102 Å². The summed E-state index contributed by atoms with van der Waals surface area (Å²) in [5.74, 6) is 0. The second-order valence-corrected chi connectivity index (χ2v) is 4.46. The van der Waals surface area contributed by atoms with E-state index >= 15 is 0 Å². The summed E-state index contributed by atoms with van der Waals surface area (Å²) in [7, 11) is 0. The van der Waals surface area contributed by atoms with E-state index in [2.05, 4.69) is 6.92 Å². The lowest BCUT2D eigenvalue weighted by Crippen LogP contribution is -2.57. The smallest absolute Gasteiger partial charge is 0.407 e. The van der Waals surface area contributed by atoms with Crippen molar-refractivity contribution in [2.45, 2.75) is 57.8 Å².